The molecule has 0 saturated heterocycles. The molecular formula is C17H16O5. The maximum absolute atomic E-state index is 11.2. The standard InChI is InChI=1S/C17H16O5/c1-10-2-4-11(5-3-10)15(9-18)12-6-13(16(19)20)8-14(7-12)17(21)22/h2-8,15,18H,9H2,1H3,(H,19,20)(H,21,22). The van der Waals surface area contributed by atoms with Gasteiger partial charge in [-0.05, 0) is 36.2 Å². The van der Waals surface area contributed by atoms with Gasteiger partial charge in [0.1, 0.15) is 0 Å². The normalized spacial score (nSPS) is 11.9. The lowest BCUT2D eigenvalue weighted by molar-refractivity contribution is 0.0696. The number of aromatic carboxylic acids is 2. The van der Waals surface area contributed by atoms with Crippen LogP contribution < -0.4 is 0 Å². The van der Waals surface area contributed by atoms with Crippen molar-refractivity contribution < 1.29 is 24.9 Å². The van der Waals surface area contributed by atoms with Gasteiger partial charge in [0.2, 0.25) is 0 Å². The molecule has 0 aliphatic heterocycles. The number of hydrogen-bond acceptors (Lipinski definition) is 3. The van der Waals surface area contributed by atoms with E-state index in [4.69, 9.17) is 10.2 Å². The van der Waals surface area contributed by atoms with Crippen molar-refractivity contribution in [3.63, 3.8) is 0 Å². The first kappa shape index (κ1) is 15.7. The Kier molecular flexibility index (Phi) is 4.58. The molecule has 0 aliphatic carbocycles. The summed E-state index contributed by atoms with van der Waals surface area (Å²) in [5.74, 6) is -2.88. The number of hydrogen-bond donors (Lipinski definition) is 3. The van der Waals surface area contributed by atoms with E-state index >= 15 is 0 Å². The summed E-state index contributed by atoms with van der Waals surface area (Å²) < 4.78 is 0. The minimum Gasteiger partial charge on any atom is -0.478 e. The Bertz CT molecular complexity index is 671. The van der Waals surface area contributed by atoms with E-state index in [0.717, 1.165) is 17.2 Å². The number of carbonyl (C=O) groups is 2. The fourth-order valence-electron chi connectivity index (χ4n) is 2.30. The molecule has 0 aromatic heterocycles. The highest BCUT2D eigenvalue weighted by Gasteiger charge is 2.18. The summed E-state index contributed by atoms with van der Waals surface area (Å²) in [5.41, 5.74) is 2.10. The Hall–Kier alpha value is -2.66. The fraction of sp³-hybridized carbons (Fsp3) is 0.176. The summed E-state index contributed by atoms with van der Waals surface area (Å²) in [6.45, 7) is 1.69. The molecule has 0 saturated carbocycles. The van der Waals surface area contributed by atoms with Crippen LogP contribution in [0.15, 0.2) is 42.5 Å². The lowest BCUT2D eigenvalue weighted by Crippen LogP contribution is -2.10. The van der Waals surface area contributed by atoms with Gasteiger partial charge in [0, 0.05) is 5.92 Å². The van der Waals surface area contributed by atoms with Gasteiger partial charge in [0.15, 0.2) is 0 Å². The van der Waals surface area contributed by atoms with Crippen LogP contribution in [0.4, 0.5) is 0 Å². The zero-order valence-corrected chi connectivity index (χ0v) is 12.0. The van der Waals surface area contributed by atoms with Crippen LogP contribution in [0.2, 0.25) is 0 Å². The highest BCUT2D eigenvalue weighted by molar-refractivity contribution is 5.94. The zero-order valence-electron chi connectivity index (χ0n) is 12.0. The van der Waals surface area contributed by atoms with Gasteiger partial charge in [-0.3, -0.25) is 0 Å². The maximum atomic E-state index is 11.2. The number of carboxylic acids is 2. The van der Waals surface area contributed by atoms with Crippen LogP contribution >= 0.6 is 0 Å². The molecule has 0 heterocycles. The third-order valence-electron chi connectivity index (χ3n) is 3.51. The molecule has 2 aromatic carbocycles. The SMILES string of the molecule is Cc1ccc(C(CO)c2cc(C(=O)O)cc(C(=O)O)c2)cc1. The van der Waals surface area contributed by atoms with E-state index in [2.05, 4.69) is 0 Å². The average molecular weight is 300 g/mol. The quantitative estimate of drug-likeness (QED) is 0.788. The second-order valence-corrected chi connectivity index (χ2v) is 5.10. The summed E-state index contributed by atoms with van der Waals surface area (Å²) in [6.07, 6.45) is 0. The van der Waals surface area contributed by atoms with Crippen molar-refractivity contribution in [2.45, 2.75) is 12.8 Å². The average Bonchev–Trinajstić information content (AvgIpc) is 2.49. The summed E-state index contributed by atoms with van der Waals surface area (Å²) in [5, 5.41) is 27.9. The van der Waals surface area contributed by atoms with Crippen molar-refractivity contribution in [3.05, 3.63) is 70.3 Å². The largest absolute Gasteiger partial charge is 0.478 e. The summed E-state index contributed by atoms with van der Waals surface area (Å²) in [6, 6.07) is 11.4. The van der Waals surface area contributed by atoms with Crippen LogP contribution in [0, 0.1) is 6.92 Å². The predicted molar refractivity (Wildman–Crippen MR) is 80.5 cm³/mol. The number of aliphatic hydroxyl groups excluding tert-OH is 1. The monoisotopic (exact) mass is 300 g/mol. The van der Waals surface area contributed by atoms with Crippen LogP contribution in [-0.2, 0) is 0 Å². The highest BCUT2D eigenvalue weighted by Crippen LogP contribution is 2.26. The van der Waals surface area contributed by atoms with Crippen LogP contribution in [0.3, 0.4) is 0 Å². The third kappa shape index (κ3) is 3.32. The van der Waals surface area contributed by atoms with Gasteiger partial charge in [-0.1, -0.05) is 29.8 Å². The van der Waals surface area contributed by atoms with Gasteiger partial charge in [-0.2, -0.15) is 0 Å². The predicted octanol–water partition coefficient (Wildman–Crippen LogP) is 2.52. The van der Waals surface area contributed by atoms with E-state index in [1.165, 1.54) is 12.1 Å². The molecule has 5 heteroatoms. The van der Waals surface area contributed by atoms with E-state index in [0.29, 0.717) is 5.56 Å². The number of carboxylic acid groups (broad SMARTS) is 2. The first-order chi connectivity index (χ1) is 10.4. The Morgan fingerprint density at radius 1 is 0.909 bits per heavy atom. The zero-order chi connectivity index (χ0) is 16.3. The maximum Gasteiger partial charge on any atom is 0.335 e. The van der Waals surface area contributed by atoms with Gasteiger partial charge in [-0.25, -0.2) is 9.59 Å². The molecule has 1 atom stereocenters. The smallest absolute Gasteiger partial charge is 0.335 e. The van der Waals surface area contributed by atoms with Gasteiger partial charge in [-0.15, -0.1) is 0 Å². The molecule has 2 aromatic rings. The van der Waals surface area contributed by atoms with Crippen molar-refractivity contribution >= 4 is 11.9 Å². The van der Waals surface area contributed by atoms with E-state index in [-0.39, 0.29) is 17.7 Å². The lowest BCUT2D eigenvalue weighted by atomic mass is 9.89. The van der Waals surface area contributed by atoms with Crippen molar-refractivity contribution in [1.29, 1.82) is 0 Å². The Labute approximate surface area is 127 Å². The molecule has 0 aliphatic rings. The topological polar surface area (TPSA) is 94.8 Å². The summed E-state index contributed by atoms with van der Waals surface area (Å²) in [4.78, 5) is 22.3. The number of aliphatic hydroxyl groups is 1. The van der Waals surface area contributed by atoms with Crippen LogP contribution in [0.1, 0.15) is 43.3 Å². The minimum atomic E-state index is -1.20. The van der Waals surface area contributed by atoms with Crippen LogP contribution in [0.25, 0.3) is 0 Å². The minimum absolute atomic E-state index is 0.111. The van der Waals surface area contributed by atoms with Crippen LogP contribution in [-0.4, -0.2) is 33.9 Å². The second-order valence-electron chi connectivity index (χ2n) is 5.10. The van der Waals surface area contributed by atoms with Gasteiger partial charge >= 0.3 is 11.9 Å². The van der Waals surface area contributed by atoms with Gasteiger partial charge < -0.3 is 15.3 Å². The molecule has 1 unspecified atom stereocenters. The molecule has 0 amide bonds. The number of benzene rings is 2. The Morgan fingerprint density at radius 2 is 1.41 bits per heavy atom. The van der Waals surface area contributed by atoms with Crippen molar-refractivity contribution in [3.8, 4) is 0 Å². The first-order valence-electron chi connectivity index (χ1n) is 6.71. The third-order valence-corrected chi connectivity index (χ3v) is 3.51. The van der Waals surface area contributed by atoms with E-state index < -0.39 is 17.9 Å². The summed E-state index contributed by atoms with van der Waals surface area (Å²) in [7, 11) is 0. The molecule has 3 N–H and O–H groups in total. The molecular weight excluding hydrogens is 284 g/mol. The molecule has 0 radical (unpaired) electrons. The van der Waals surface area contributed by atoms with E-state index in [1.54, 1.807) is 0 Å². The molecule has 2 rings (SSSR count). The first-order valence-corrected chi connectivity index (χ1v) is 6.71. The lowest BCUT2D eigenvalue weighted by Gasteiger charge is -2.17. The number of rotatable bonds is 5. The van der Waals surface area contributed by atoms with Crippen LogP contribution in [0.5, 0.6) is 0 Å². The van der Waals surface area contributed by atoms with Gasteiger partial charge in [0.05, 0.1) is 17.7 Å². The van der Waals surface area contributed by atoms with Crippen molar-refractivity contribution in [1.82, 2.24) is 0 Å². The van der Waals surface area contributed by atoms with Crippen molar-refractivity contribution in [2.24, 2.45) is 0 Å². The van der Waals surface area contributed by atoms with Crippen molar-refractivity contribution in [2.75, 3.05) is 6.61 Å². The summed E-state index contributed by atoms with van der Waals surface area (Å²) >= 11 is 0. The molecule has 22 heavy (non-hydrogen) atoms. The van der Waals surface area contributed by atoms with Gasteiger partial charge in [0.25, 0.3) is 0 Å². The highest BCUT2D eigenvalue weighted by atomic mass is 16.4. The fourth-order valence-corrected chi connectivity index (χ4v) is 2.30. The number of aryl methyl sites for hydroxylation is 1. The molecule has 114 valence electrons. The van der Waals surface area contributed by atoms with E-state index in [1.807, 2.05) is 31.2 Å². The molecule has 0 fully saturated rings. The Morgan fingerprint density at radius 3 is 1.82 bits per heavy atom. The Balaban J connectivity index is 2.54. The van der Waals surface area contributed by atoms with E-state index in [9.17, 15) is 14.7 Å². The molecule has 0 spiro atoms. The second kappa shape index (κ2) is 6.41. The molecule has 0 bridgehead atoms. The molecule has 5 nitrogen and oxygen atoms in total.